The Morgan fingerprint density at radius 2 is 1.95 bits per heavy atom. The number of pyridine rings is 1. The predicted molar refractivity (Wildman–Crippen MR) is 96.7 cm³/mol. The van der Waals surface area contributed by atoms with E-state index in [-0.39, 0.29) is 5.82 Å². The van der Waals surface area contributed by atoms with Crippen LogP contribution in [0.2, 0.25) is 0 Å². The number of aromatic nitrogens is 2. The fraction of sp³-hybridized carbons (Fsp3) is 0.188. The molecular weight excluding hydrogens is 431 g/mol. The Balaban J connectivity index is 1.82. The third-order valence-electron chi connectivity index (χ3n) is 3.45. The number of nitrogens with zero attached hydrogens (tertiary/aromatic N) is 2. The number of fused-ring (bicyclic) bond motifs is 1. The average molecular weight is 444 g/mol. The highest BCUT2D eigenvalue weighted by molar-refractivity contribution is 9.11. The number of benzene rings is 1. The lowest BCUT2D eigenvalue weighted by Crippen LogP contribution is -1.98. The summed E-state index contributed by atoms with van der Waals surface area (Å²) < 4.78 is 17.7. The van der Waals surface area contributed by atoms with E-state index in [0.29, 0.717) is 5.75 Å². The Labute approximate surface area is 149 Å². The van der Waals surface area contributed by atoms with Crippen LogP contribution in [0.3, 0.4) is 0 Å². The van der Waals surface area contributed by atoms with E-state index < -0.39 is 0 Å². The van der Waals surface area contributed by atoms with Crippen LogP contribution in [-0.2, 0) is 11.5 Å². The maximum Gasteiger partial charge on any atom is 0.151 e. The van der Waals surface area contributed by atoms with Crippen molar-refractivity contribution in [1.82, 2.24) is 9.38 Å². The number of hydrogen-bond acceptors (Lipinski definition) is 2. The molecular formula is C16H13Br2FN2S. The highest BCUT2D eigenvalue weighted by Crippen LogP contribution is 2.29. The standard InChI is InChI=1S/C16H13Br2FN2S/c1-10-13(17)6-14(18)16-20-7-12(21(10)16)9-22-8-11-4-2-3-5-15(11)19/h2-7H,8-9H2,1H3. The zero-order chi connectivity index (χ0) is 15.7. The van der Waals surface area contributed by atoms with Crippen molar-refractivity contribution in [2.45, 2.75) is 18.4 Å². The maximum absolute atomic E-state index is 13.6. The van der Waals surface area contributed by atoms with Crippen LogP contribution in [0.25, 0.3) is 5.65 Å². The van der Waals surface area contributed by atoms with Gasteiger partial charge in [-0.1, -0.05) is 18.2 Å². The molecule has 0 aliphatic heterocycles. The summed E-state index contributed by atoms with van der Waals surface area (Å²) in [6, 6.07) is 8.92. The van der Waals surface area contributed by atoms with Crippen molar-refractivity contribution in [2.75, 3.05) is 0 Å². The van der Waals surface area contributed by atoms with E-state index in [0.717, 1.165) is 37.3 Å². The zero-order valence-corrected chi connectivity index (χ0v) is 15.8. The van der Waals surface area contributed by atoms with E-state index in [2.05, 4.69) is 48.2 Å². The van der Waals surface area contributed by atoms with Crippen molar-refractivity contribution < 1.29 is 4.39 Å². The molecule has 2 aromatic heterocycles. The van der Waals surface area contributed by atoms with E-state index >= 15 is 0 Å². The van der Waals surface area contributed by atoms with Crippen LogP contribution < -0.4 is 0 Å². The maximum atomic E-state index is 13.6. The summed E-state index contributed by atoms with van der Waals surface area (Å²) in [6.07, 6.45) is 1.88. The average Bonchev–Trinajstić information content (AvgIpc) is 2.91. The molecule has 0 aliphatic rings. The van der Waals surface area contributed by atoms with Gasteiger partial charge in [-0.15, -0.1) is 0 Å². The van der Waals surface area contributed by atoms with Crippen molar-refractivity contribution in [2.24, 2.45) is 0 Å². The second-order valence-electron chi connectivity index (χ2n) is 4.92. The summed E-state index contributed by atoms with van der Waals surface area (Å²) in [5.41, 5.74) is 3.86. The monoisotopic (exact) mass is 442 g/mol. The molecule has 0 spiro atoms. The molecule has 0 N–H and O–H groups in total. The lowest BCUT2D eigenvalue weighted by molar-refractivity contribution is 0.617. The van der Waals surface area contributed by atoms with E-state index in [9.17, 15) is 4.39 Å². The largest absolute Gasteiger partial charge is 0.298 e. The zero-order valence-electron chi connectivity index (χ0n) is 11.8. The van der Waals surface area contributed by atoms with Crippen LogP contribution in [0.15, 0.2) is 45.5 Å². The van der Waals surface area contributed by atoms with E-state index in [1.54, 1.807) is 17.8 Å². The number of hydrogen-bond donors (Lipinski definition) is 0. The third kappa shape index (κ3) is 3.09. The van der Waals surface area contributed by atoms with Gasteiger partial charge in [-0.2, -0.15) is 11.8 Å². The Kier molecular flexibility index (Phi) is 4.90. The van der Waals surface area contributed by atoms with Gasteiger partial charge in [-0.3, -0.25) is 4.40 Å². The molecule has 0 saturated heterocycles. The van der Waals surface area contributed by atoms with Crippen molar-refractivity contribution >= 4 is 49.3 Å². The van der Waals surface area contributed by atoms with Gasteiger partial charge in [0.15, 0.2) is 5.65 Å². The molecule has 22 heavy (non-hydrogen) atoms. The minimum Gasteiger partial charge on any atom is -0.298 e. The molecule has 0 unspecified atom stereocenters. The number of halogens is 3. The number of thioether (sulfide) groups is 1. The molecule has 0 fully saturated rings. The van der Waals surface area contributed by atoms with Gasteiger partial charge in [-0.25, -0.2) is 9.37 Å². The minimum atomic E-state index is -0.144. The SMILES string of the molecule is Cc1c(Br)cc(Br)c2ncc(CSCc3ccccc3F)n12. The molecule has 114 valence electrons. The van der Waals surface area contributed by atoms with Gasteiger partial charge in [0, 0.05) is 21.7 Å². The van der Waals surface area contributed by atoms with Gasteiger partial charge in [0.25, 0.3) is 0 Å². The van der Waals surface area contributed by atoms with Crippen LogP contribution in [0.4, 0.5) is 4.39 Å². The molecule has 0 saturated carbocycles. The Hall–Kier alpha value is -0.850. The Morgan fingerprint density at radius 3 is 2.73 bits per heavy atom. The van der Waals surface area contributed by atoms with E-state index in [1.807, 2.05) is 24.4 Å². The van der Waals surface area contributed by atoms with Crippen LogP contribution in [0.5, 0.6) is 0 Å². The third-order valence-corrected chi connectivity index (χ3v) is 5.85. The molecule has 0 radical (unpaired) electrons. The fourth-order valence-corrected chi connectivity index (χ4v) is 4.49. The lowest BCUT2D eigenvalue weighted by Gasteiger charge is -2.09. The van der Waals surface area contributed by atoms with Gasteiger partial charge < -0.3 is 0 Å². The minimum absolute atomic E-state index is 0.144. The second kappa shape index (κ2) is 6.72. The summed E-state index contributed by atoms with van der Waals surface area (Å²) in [6.45, 7) is 2.05. The topological polar surface area (TPSA) is 17.3 Å². The highest BCUT2D eigenvalue weighted by atomic mass is 79.9. The smallest absolute Gasteiger partial charge is 0.151 e. The van der Waals surface area contributed by atoms with E-state index in [4.69, 9.17) is 0 Å². The molecule has 0 bridgehead atoms. The summed E-state index contributed by atoms with van der Waals surface area (Å²) in [4.78, 5) is 4.47. The van der Waals surface area contributed by atoms with Crippen LogP contribution in [0.1, 0.15) is 17.0 Å². The summed E-state index contributed by atoms with van der Waals surface area (Å²) in [7, 11) is 0. The van der Waals surface area contributed by atoms with Gasteiger partial charge >= 0.3 is 0 Å². The quantitative estimate of drug-likeness (QED) is 0.511. The molecule has 0 atom stereocenters. The van der Waals surface area contributed by atoms with Crippen molar-refractivity contribution in [3.05, 3.63) is 68.2 Å². The number of rotatable bonds is 4. The van der Waals surface area contributed by atoms with Gasteiger partial charge in [0.05, 0.1) is 16.4 Å². The van der Waals surface area contributed by atoms with Gasteiger partial charge in [0.1, 0.15) is 5.82 Å². The van der Waals surface area contributed by atoms with Crippen LogP contribution in [-0.4, -0.2) is 9.38 Å². The molecule has 0 amide bonds. The first kappa shape index (κ1) is 16.0. The van der Waals surface area contributed by atoms with Crippen molar-refractivity contribution in [1.29, 1.82) is 0 Å². The summed E-state index contributed by atoms with van der Waals surface area (Å²) >= 11 is 8.79. The molecule has 2 heterocycles. The fourth-order valence-electron chi connectivity index (χ4n) is 2.30. The van der Waals surface area contributed by atoms with Gasteiger partial charge in [-0.05, 0) is 56.5 Å². The van der Waals surface area contributed by atoms with Gasteiger partial charge in [0.2, 0.25) is 0 Å². The number of imidazole rings is 1. The Morgan fingerprint density at radius 1 is 1.18 bits per heavy atom. The first-order valence-corrected chi connectivity index (χ1v) is 9.44. The predicted octanol–water partition coefficient (Wildman–Crippen LogP) is 5.74. The van der Waals surface area contributed by atoms with Crippen LogP contribution in [0, 0.1) is 12.7 Å². The molecule has 0 aliphatic carbocycles. The second-order valence-corrected chi connectivity index (χ2v) is 7.61. The lowest BCUT2D eigenvalue weighted by atomic mass is 10.2. The Bertz CT molecular complexity index is 832. The summed E-state index contributed by atoms with van der Waals surface area (Å²) in [5, 5.41) is 0. The normalized spacial score (nSPS) is 11.3. The summed E-state index contributed by atoms with van der Waals surface area (Å²) in [5.74, 6) is 1.28. The van der Waals surface area contributed by atoms with Crippen LogP contribution >= 0.6 is 43.6 Å². The molecule has 6 heteroatoms. The van der Waals surface area contributed by atoms with Crippen molar-refractivity contribution in [3.8, 4) is 0 Å². The first-order chi connectivity index (χ1) is 10.6. The molecule has 2 nitrogen and oxygen atoms in total. The molecule has 3 rings (SSSR count). The first-order valence-electron chi connectivity index (χ1n) is 6.70. The van der Waals surface area contributed by atoms with E-state index in [1.165, 1.54) is 6.07 Å². The van der Waals surface area contributed by atoms with Crippen molar-refractivity contribution in [3.63, 3.8) is 0 Å². The number of aryl methyl sites for hydroxylation is 1. The highest BCUT2D eigenvalue weighted by Gasteiger charge is 2.12. The molecule has 1 aromatic carbocycles. The molecule has 3 aromatic rings.